The second kappa shape index (κ2) is 4.60. The van der Waals surface area contributed by atoms with Crippen LogP contribution in [0.3, 0.4) is 0 Å². The maximum absolute atomic E-state index is 10.3. The summed E-state index contributed by atoms with van der Waals surface area (Å²) in [5.41, 5.74) is 0. The molecule has 0 aliphatic carbocycles. The van der Waals surface area contributed by atoms with Crippen molar-refractivity contribution in [2.24, 2.45) is 0 Å². The van der Waals surface area contributed by atoms with Crippen molar-refractivity contribution < 1.29 is 23.8 Å². The summed E-state index contributed by atoms with van der Waals surface area (Å²) >= 11 is 0. The second-order valence-corrected chi connectivity index (χ2v) is 1.24. The van der Waals surface area contributed by atoms with Gasteiger partial charge in [-0.1, -0.05) is 0 Å². The quantitative estimate of drug-likeness (QED) is 0.408. The number of methoxy groups -OCH3 is 1. The minimum atomic E-state index is -1.07. The van der Waals surface area contributed by atoms with Gasteiger partial charge in [0.2, 0.25) is 0 Å². The van der Waals surface area contributed by atoms with E-state index in [1.54, 1.807) is 6.92 Å². The summed E-state index contributed by atoms with van der Waals surface area (Å²) in [6.45, 7) is 1.76. The van der Waals surface area contributed by atoms with Gasteiger partial charge in [0.25, 0.3) is 0 Å². The summed E-state index contributed by atoms with van der Waals surface area (Å²) in [6, 6.07) is 0. The normalized spacial score (nSPS) is 8.20. The van der Waals surface area contributed by atoms with E-state index in [4.69, 9.17) is 0 Å². The van der Waals surface area contributed by atoms with E-state index < -0.39 is 12.3 Å². The Morgan fingerprint density at radius 2 is 1.90 bits per heavy atom. The van der Waals surface area contributed by atoms with Gasteiger partial charge in [-0.15, -0.1) is 0 Å². The first-order chi connectivity index (χ1) is 4.70. The van der Waals surface area contributed by atoms with E-state index in [0.717, 1.165) is 7.11 Å². The molecule has 0 spiro atoms. The fourth-order valence-corrected chi connectivity index (χ4v) is 0.257. The summed E-state index contributed by atoms with van der Waals surface area (Å²) in [6.07, 6.45) is -2.12. The average Bonchev–Trinajstić information content (AvgIpc) is 1.88. The number of carbonyl (C=O) groups excluding carboxylic acids is 2. The minimum absolute atomic E-state index is 0.163. The van der Waals surface area contributed by atoms with Crippen LogP contribution in [-0.4, -0.2) is 26.0 Å². The third kappa shape index (κ3) is 3.71. The molecule has 0 fully saturated rings. The molecule has 0 saturated carbocycles. The van der Waals surface area contributed by atoms with Crippen molar-refractivity contribution in [3.63, 3.8) is 0 Å². The van der Waals surface area contributed by atoms with E-state index >= 15 is 0 Å². The molecule has 0 amide bonds. The average molecular weight is 148 g/mol. The predicted molar refractivity (Wildman–Crippen MR) is 30.5 cm³/mol. The van der Waals surface area contributed by atoms with Crippen molar-refractivity contribution >= 4 is 12.3 Å². The van der Waals surface area contributed by atoms with Gasteiger partial charge in [-0.05, 0) is 6.92 Å². The Morgan fingerprint density at radius 1 is 1.30 bits per heavy atom. The molecule has 0 atom stereocenters. The number of rotatable bonds is 1. The molecular formula is C5H8O5. The minimum Gasteiger partial charge on any atom is -0.437 e. The van der Waals surface area contributed by atoms with Crippen molar-refractivity contribution in [2.45, 2.75) is 6.92 Å². The largest absolute Gasteiger partial charge is 0.518 e. The van der Waals surface area contributed by atoms with E-state index in [1.165, 1.54) is 0 Å². The molecule has 5 heteroatoms. The van der Waals surface area contributed by atoms with Crippen LogP contribution in [-0.2, 0) is 14.2 Å². The maximum atomic E-state index is 10.3. The summed E-state index contributed by atoms with van der Waals surface area (Å²) in [5.74, 6) is 0. The molecule has 0 heterocycles. The van der Waals surface area contributed by atoms with Gasteiger partial charge in [0.05, 0.1) is 13.7 Å². The molecule has 0 saturated heterocycles. The van der Waals surface area contributed by atoms with Crippen molar-refractivity contribution in [1.29, 1.82) is 0 Å². The highest BCUT2D eigenvalue weighted by atomic mass is 16.8. The smallest absolute Gasteiger partial charge is 0.437 e. The lowest BCUT2D eigenvalue weighted by Gasteiger charge is -1.99. The van der Waals surface area contributed by atoms with E-state index in [1.807, 2.05) is 0 Å². The lowest BCUT2D eigenvalue weighted by Crippen LogP contribution is -2.13. The van der Waals surface area contributed by atoms with Crippen LogP contribution in [0.4, 0.5) is 9.59 Å². The second-order valence-electron chi connectivity index (χ2n) is 1.24. The van der Waals surface area contributed by atoms with Crippen LogP contribution in [0.15, 0.2) is 0 Å². The molecule has 5 nitrogen and oxygen atoms in total. The molecule has 0 aliphatic heterocycles. The molecule has 0 aliphatic rings. The fraction of sp³-hybridized carbons (Fsp3) is 0.600. The van der Waals surface area contributed by atoms with Crippen LogP contribution in [0, 0.1) is 0 Å². The highest BCUT2D eigenvalue weighted by Gasteiger charge is 2.09. The van der Waals surface area contributed by atoms with Crippen LogP contribution < -0.4 is 0 Å². The summed E-state index contributed by atoms with van der Waals surface area (Å²) in [5, 5.41) is 0. The molecule has 0 N–H and O–H groups in total. The lowest BCUT2D eigenvalue weighted by molar-refractivity contribution is 0.0483. The summed E-state index contributed by atoms with van der Waals surface area (Å²) in [4.78, 5) is 20.4. The Labute approximate surface area is 57.9 Å². The van der Waals surface area contributed by atoms with Crippen LogP contribution >= 0.6 is 0 Å². The van der Waals surface area contributed by atoms with Gasteiger partial charge in [0.1, 0.15) is 0 Å². The third-order valence-corrected chi connectivity index (χ3v) is 0.596. The molecule has 0 rings (SSSR count). The molecule has 0 unspecified atom stereocenters. The van der Waals surface area contributed by atoms with Crippen LogP contribution in [0.2, 0.25) is 0 Å². The Morgan fingerprint density at radius 3 is 2.30 bits per heavy atom. The number of hydrogen-bond donors (Lipinski definition) is 0. The highest BCUT2D eigenvalue weighted by Crippen LogP contribution is 1.87. The number of ether oxygens (including phenoxy) is 3. The van der Waals surface area contributed by atoms with Gasteiger partial charge >= 0.3 is 12.3 Å². The van der Waals surface area contributed by atoms with Crippen molar-refractivity contribution in [1.82, 2.24) is 0 Å². The monoisotopic (exact) mass is 148 g/mol. The summed E-state index contributed by atoms with van der Waals surface area (Å²) in [7, 11) is 1.10. The van der Waals surface area contributed by atoms with Gasteiger partial charge in [-0.3, -0.25) is 0 Å². The topological polar surface area (TPSA) is 61.8 Å². The SMILES string of the molecule is CCOC(=O)OC(=O)OC. The Kier molecular flexibility index (Phi) is 4.02. The van der Waals surface area contributed by atoms with Gasteiger partial charge in [-0.2, -0.15) is 0 Å². The van der Waals surface area contributed by atoms with Crippen molar-refractivity contribution in [2.75, 3.05) is 13.7 Å². The zero-order valence-electron chi connectivity index (χ0n) is 5.75. The first kappa shape index (κ1) is 8.74. The zero-order chi connectivity index (χ0) is 7.98. The van der Waals surface area contributed by atoms with Gasteiger partial charge in [0.15, 0.2) is 0 Å². The van der Waals surface area contributed by atoms with Crippen LogP contribution in [0.5, 0.6) is 0 Å². The molecular weight excluding hydrogens is 140 g/mol. The number of hydrogen-bond acceptors (Lipinski definition) is 5. The molecule has 0 bridgehead atoms. The summed E-state index contributed by atoms with van der Waals surface area (Å²) < 4.78 is 12.2. The Bertz CT molecular complexity index is 130. The fourth-order valence-electron chi connectivity index (χ4n) is 0.257. The van der Waals surface area contributed by atoms with Gasteiger partial charge < -0.3 is 14.2 Å². The molecule has 0 aromatic heterocycles. The van der Waals surface area contributed by atoms with Crippen LogP contribution in [0.25, 0.3) is 0 Å². The van der Waals surface area contributed by atoms with Gasteiger partial charge in [0, 0.05) is 0 Å². The van der Waals surface area contributed by atoms with Crippen molar-refractivity contribution in [3.05, 3.63) is 0 Å². The van der Waals surface area contributed by atoms with Crippen LogP contribution in [0.1, 0.15) is 6.92 Å². The van der Waals surface area contributed by atoms with E-state index in [0.29, 0.717) is 0 Å². The van der Waals surface area contributed by atoms with E-state index in [2.05, 4.69) is 14.2 Å². The van der Waals surface area contributed by atoms with E-state index in [-0.39, 0.29) is 6.61 Å². The Balaban J connectivity index is 3.47. The molecule has 10 heavy (non-hydrogen) atoms. The molecule has 58 valence electrons. The Hall–Kier alpha value is -1.26. The maximum Gasteiger partial charge on any atom is 0.518 e. The molecule has 0 radical (unpaired) electrons. The highest BCUT2D eigenvalue weighted by molar-refractivity contribution is 5.76. The van der Waals surface area contributed by atoms with Crippen molar-refractivity contribution in [3.8, 4) is 0 Å². The van der Waals surface area contributed by atoms with Gasteiger partial charge in [-0.25, -0.2) is 9.59 Å². The predicted octanol–water partition coefficient (Wildman–Crippen LogP) is 0.926. The zero-order valence-corrected chi connectivity index (χ0v) is 5.75. The standard InChI is InChI=1S/C5H8O5/c1-3-9-5(7)10-4(6)8-2/h3H2,1-2H3. The third-order valence-electron chi connectivity index (χ3n) is 0.596. The molecule has 0 aromatic rings. The van der Waals surface area contributed by atoms with E-state index in [9.17, 15) is 9.59 Å². The lowest BCUT2D eigenvalue weighted by atomic mass is 10.9. The first-order valence-electron chi connectivity index (χ1n) is 2.63. The number of carbonyl (C=O) groups is 2. The first-order valence-corrected chi connectivity index (χ1v) is 2.63. The molecule has 0 aromatic carbocycles.